The van der Waals surface area contributed by atoms with Gasteiger partial charge in [0.2, 0.25) is 0 Å². The molecule has 0 amide bonds. The van der Waals surface area contributed by atoms with Crippen LogP contribution in [0.3, 0.4) is 0 Å². The van der Waals surface area contributed by atoms with Crippen LogP contribution in [0.5, 0.6) is 0 Å². The van der Waals surface area contributed by atoms with E-state index in [1.54, 1.807) is 24.1 Å². The number of methoxy groups -OCH3 is 1. The van der Waals surface area contributed by atoms with Gasteiger partial charge >= 0.3 is 0 Å². The molecule has 2 rings (SSSR count). The van der Waals surface area contributed by atoms with Crippen LogP contribution in [0.25, 0.3) is 11.3 Å². The summed E-state index contributed by atoms with van der Waals surface area (Å²) in [6, 6.07) is 1.71. The molecule has 5 nitrogen and oxygen atoms in total. The van der Waals surface area contributed by atoms with Gasteiger partial charge in [-0.15, -0.1) is 0 Å². The van der Waals surface area contributed by atoms with Crippen molar-refractivity contribution in [1.82, 2.24) is 19.7 Å². The summed E-state index contributed by atoms with van der Waals surface area (Å²) < 4.78 is 6.90. The van der Waals surface area contributed by atoms with Crippen LogP contribution in [-0.2, 0) is 11.8 Å². The Labute approximate surface area is 104 Å². The van der Waals surface area contributed by atoms with Crippen LogP contribution in [0.2, 0.25) is 5.15 Å². The maximum atomic E-state index is 5.97. The van der Waals surface area contributed by atoms with E-state index in [1.165, 1.54) is 0 Å². The van der Waals surface area contributed by atoms with Gasteiger partial charge in [-0.2, -0.15) is 5.10 Å². The number of aryl methyl sites for hydroxylation is 1. The third-order valence-electron chi connectivity index (χ3n) is 2.43. The molecule has 0 aliphatic rings. The average Bonchev–Trinajstić information content (AvgIpc) is 2.74. The molecule has 0 unspecified atom stereocenters. The molecule has 0 N–H and O–H groups in total. The van der Waals surface area contributed by atoms with Crippen LogP contribution in [0, 0.1) is 0 Å². The van der Waals surface area contributed by atoms with Crippen molar-refractivity contribution in [1.29, 1.82) is 0 Å². The van der Waals surface area contributed by atoms with Crippen molar-refractivity contribution in [2.45, 2.75) is 13.0 Å². The largest absolute Gasteiger partial charge is 0.374 e. The number of hydrogen-bond donors (Lipinski definition) is 0. The summed E-state index contributed by atoms with van der Waals surface area (Å²) in [5, 5.41) is 4.50. The summed E-state index contributed by atoms with van der Waals surface area (Å²) >= 11 is 5.97. The standard InChI is InChI=1S/C11H13ClN4O/c1-7(17-3)11-14-9(4-10(12)15-11)8-5-13-16(2)6-8/h4-7H,1-3H3/t7-/m0/s1. The first-order valence-electron chi connectivity index (χ1n) is 5.16. The normalized spacial score (nSPS) is 12.7. The molecule has 6 heteroatoms. The van der Waals surface area contributed by atoms with E-state index in [1.807, 2.05) is 20.2 Å². The number of nitrogens with zero attached hydrogens (tertiary/aromatic N) is 4. The maximum absolute atomic E-state index is 5.97. The number of ether oxygens (including phenoxy) is 1. The smallest absolute Gasteiger partial charge is 0.159 e. The molecule has 2 aromatic heterocycles. The van der Waals surface area contributed by atoms with Gasteiger partial charge in [-0.25, -0.2) is 9.97 Å². The minimum atomic E-state index is -0.191. The van der Waals surface area contributed by atoms with E-state index in [4.69, 9.17) is 16.3 Å². The molecule has 0 bridgehead atoms. The lowest BCUT2D eigenvalue weighted by atomic mass is 10.2. The molecule has 0 saturated heterocycles. The average molecular weight is 253 g/mol. The first kappa shape index (κ1) is 12.0. The number of halogens is 1. The summed E-state index contributed by atoms with van der Waals surface area (Å²) in [7, 11) is 3.46. The highest BCUT2D eigenvalue weighted by atomic mass is 35.5. The molecule has 0 fully saturated rings. The van der Waals surface area contributed by atoms with Crippen LogP contribution in [0.1, 0.15) is 18.9 Å². The Kier molecular flexibility index (Phi) is 3.40. The quantitative estimate of drug-likeness (QED) is 0.786. The molecule has 0 aliphatic heterocycles. The summed E-state index contributed by atoms with van der Waals surface area (Å²) in [5.74, 6) is 0.568. The van der Waals surface area contributed by atoms with E-state index in [0.717, 1.165) is 11.3 Å². The maximum Gasteiger partial charge on any atom is 0.159 e. The van der Waals surface area contributed by atoms with Crippen molar-refractivity contribution < 1.29 is 4.74 Å². The Morgan fingerprint density at radius 1 is 1.41 bits per heavy atom. The molecular formula is C11H13ClN4O. The van der Waals surface area contributed by atoms with Crippen molar-refractivity contribution in [3.63, 3.8) is 0 Å². The molecule has 1 atom stereocenters. The molecule has 90 valence electrons. The lowest BCUT2D eigenvalue weighted by molar-refractivity contribution is 0.112. The van der Waals surface area contributed by atoms with Crippen molar-refractivity contribution in [2.75, 3.05) is 7.11 Å². The first-order chi connectivity index (χ1) is 8.10. The van der Waals surface area contributed by atoms with Gasteiger partial charge in [-0.3, -0.25) is 4.68 Å². The third kappa shape index (κ3) is 2.62. The Hall–Kier alpha value is -1.46. The lowest BCUT2D eigenvalue weighted by Crippen LogP contribution is -2.03. The Bertz CT molecular complexity index is 526. The Morgan fingerprint density at radius 3 is 2.76 bits per heavy atom. The molecule has 17 heavy (non-hydrogen) atoms. The SMILES string of the molecule is CO[C@@H](C)c1nc(Cl)cc(-c2cnn(C)c2)n1. The fourth-order valence-electron chi connectivity index (χ4n) is 1.42. The monoisotopic (exact) mass is 252 g/mol. The third-order valence-corrected chi connectivity index (χ3v) is 2.62. The zero-order valence-corrected chi connectivity index (χ0v) is 10.6. The van der Waals surface area contributed by atoms with E-state index in [2.05, 4.69) is 15.1 Å². The van der Waals surface area contributed by atoms with Crippen LogP contribution in [0.4, 0.5) is 0 Å². The van der Waals surface area contributed by atoms with Gasteiger partial charge in [0.25, 0.3) is 0 Å². The second-order valence-electron chi connectivity index (χ2n) is 3.71. The highest BCUT2D eigenvalue weighted by molar-refractivity contribution is 6.29. The molecular weight excluding hydrogens is 240 g/mol. The van der Waals surface area contributed by atoms with Gasteiger partial charge in [0.15, 0.2) is 5.82 Å². The molecule has 0 saturated carbocycles. The topological polar surface area (TPSA) is 52.8 Å². The summed E-state index contributed by atoms with van der Waals surface area (Å²) in [5.41, 5.74) is 1.65. The van der Waals surface area contributed by atoms with Crippen molar-refractivity contribution in [3.8, 4) is 11.3 Å². The van der Waals surface area contributed by atoms with E-state index in [9.17, 15) is 0 Å². The minimum absolute atomic E-state index is 0.191. The molecule has 0 aromatic carbocycles. The Balaban J connectivity index is 2.44. The number of rotatable bonds is 3. The number of aromatic nitrogens is 4. The molecule has 0 radical (unpaired) electrons. The molecule has 0 spiro atoms. The van der Waals surface area contributed by atoms with Gasteiger partial charge in [0.05, 0.1) is 11.9 Å². The number of hydrogen-bond acceptors (Lipinski definition) is 4. The van der Waals surface area contributed by atoms with Crippen LogP contribution in [0.15, 0.2) is 18.5 Å². The fourth-order valence-corrected chi connectivity index (χ4v) is 1.61. The lowest BCUT2D eigenvalue weighted by Gasteiger charge is -2.09. The van der Waals surface area contributed by atoms with E-state index in [0.29, 0.717) is 11.0 Å². The van der Waals surface area contributed by atoms with Gasteiger partial charge in [-0.1, -0.05) is 11.6 Å². The highest BCUT2D eigenvalue weighted by Gasteiger charge is 2.12. The summed E-state index contributed by atoms with van der Waals surface area (Å²) in [6.07, 6.45) is 3.42. The van der Waals surface area contributed by atoms with Gasteiger partial charge in [-0.05, 0) is 6.92 Å². The molecule has 2 aromatic rings. The molecule has 2 heterocycles. The molecule has 0 aliphatic carbocycles. The van der Waals surface area contributed by atoms with Crippen molar-refractivity contribution in [2.24, 2.45) is 7.05 Å². The van der Waals surface area contributed by atoms with Gasteiger partial charge in [0.1, 0.15) is 11.3 Å². The van der Waals surface area contributed by atoms with Gasteiger partial charge in [0, 0.05) is 32.0 Å². The highest BCUT2D eigenvalue weighted by Crippen LogP contribution is 2.22. The minimum Gasteiger partial charge on any atom is -0.374 e. The first-order valence-corrected chi connectivity index (χ1v) is 5.54. The van der Waals surface area contributed by atoms with E-state index in [-0.39, 0.29) is 6.10 Å². The Morgan fingerprint density at radius 2 is 2.18 bits per heavy atom. The second kappa shape index (κ2) is 4.81. The van der Waals surface area contributed by atoms with Crippen molar-refractivity contribution >= 4 is 11.6 Å². The zero-order valence-electron chi connectivity index (χ0n) is 9.88. The van der Waals surface area contributed by atoms with E-state index < -0.39 is 0 Å². The van der Waals surface area contributed by atoms with Crippen LogP contribution in [-0.4, -0.2) is 26.9 Å². The summed E-state index contributed by atoms with van der Waals surface area (Å²) in [6.45, 7) is 1.87. The van der Waals surface area contributed by atoms with Crippen LogP contribution < -0.4 is 0 Å². The zero-order chi connectivity index (χ0) is 12.4. The second-order valence-corrected chi connectivity index (χ2v) is 4.10. The van der Waals surface area contributed by atoms with Crippen LogP contribution >= 0.6 is 11.6 Å². The predicted octanol–water partition coefficient (Wildman–Crippen LogP) is 2.24. The summed E-state index contributed by atoms with van der Waals surface area (Å²) in [4.78, 5) is 8.55. The van der Waals surface area contributed by atoms with Gasteiger partial charge < -0.3 is 4.74 Å². The van der Waals surface area contributed by atoms with Crippen molar-refractivity contribution in [3.05, 3.63) is 29.4 Å². The fraction of sp³-hybridized carbons (Fsp3) is 0.364. The van der Waals surface area contributed by atoms with E-state index >= 15 is 0 Å². The predicted molar refractivity (Wildman–Crippen MR) is 64.7 cm³/mol.